The SMILES string of the molecule is Cc1cc(C)cc(-c2[nH]c3ccc([N+](=O)[O-])cc3c2CCNC(=O)OC(C)(C)C)c1. The van der Waals surface area contributed by atoms with Crippen LogP contribution in [0.15, 0.2) is 36.4 Å². The Morgan fingerprint density at radius 1 is 1.13 bits per heavy atom. The molecule has 0 aliphatic rings. The highest BCUT2D eigenvalue weighted by Gasteiger charge is 2.19. The van der Waals surface area contributed by atoms with E-state index in [1.165, 1.54) is 6.07 Å². The molecule has 0 saturated heterocycles. The molecule has 0 radical (unpaired) electrons. The standard InChI is InChI=1S/C23H27N3O4/c1-14-10-15(2)12-16(11-14)21-18(8-9-24-22(27)30-23(3,4)5)19-13-17(26(28)29)6-7-20(19)25-21/h6-7,10-13,25H,8-9H2,1-5H3,(H,24,27). The third-order valence-corrected chi connectivity index (χ3v) is 4.65. The fourth-order valence-electron chi connectivity index (χ4n) is 3.58. The highest BCUT2D eigenvalue weighted by molar-refractivity contribution is 5.92. The maximum atomic E-state index is 12.0. The van der Waals surface area contributed by atoms with E-state index in [4.69, 9.17) is 4.74 Å². The van der Waals surface area contributed by atoms with Crippen LogP contribution in [0.2, 0.25) is 0 Å². The lowest BCUT2D eigenvalue weighted by atomic mass is 9.99. The van der Waals surface area contributed by atoms with Gasteiger partial charge in [0.05, 0.1) is 4.92 Å². The van der Waals surface area contributed by atoms with E-state index in [1.54, 1.807) is 12.1 Å². The first kappa shape index (κ1) is 21.4. The Hall–Kier alpha value is -3.35. The molecule has 1 amide bonds. The number of rotatable bonds is 5. The topological polar surface area (TPSA) is 97.3 Å². The summed E-state index contributed by atoms with van der Waals surface area (Å²) in [6, 6.07) is 11.1. The number of non-ortho nitro benzene ring substituents is 1. The minimum absolute atomic E-state index is 0.0369. The van der Waals surface area contributed by atoms with Crippen LogP contribution in [0.1, 0.15) is 37.5 Å². The summed E-state index contributed by atoms with van der Waals surface area (Å²) in [5.41, 5.74) is 5.39. The summed E-state index contributed by atoms with van der Waals surface area (Å²) in [6.45, 7) is 9.85. The molecule has 7 heteroatoms. The Kier molecular flexibility index (Phi) is 5.82. The van der Waals surface area contributed by atoms with Gasteiger partial charge in [0.25, 0.3) is 5.69 Å². The molecule has 3 aromatic rings. The predicted molar refractivity (Wildman–Crippen MR) is 118 cm³/mol. The molecule has 0 unspecified atom stereocenters. The number of benzene rings is 2. The van der Waals surface area contributed by atoms with Gasteiger partial charge in [0, 0.05) is 35.3 Å². The van der Waals surface area contributed by atoms with Gasteiger partial charge in [-0.3, -0.25) is 10.1 Å². The molecule has 0 aliphatic heterocycles. The number of hydrogen-bond acceptors (Lipinski definition) is 4. The van der Waals surface area contributed by atoms with Crippen LogP contribution in [0.25, 0.3) is 22.2 Å². The van der Waals surface area contributed by atoms with Crippen LogP contribution >= 0.6 is 0 Å². The third kappa shape index (κ3) is 4.97. The average molecular weight is 409 g/mol. The molecule has 0 aliphatic carbocycles. The van der Waals surface area contributed by atoms with Crippen molar-refractivity contribution >= 4 is 22.7 Å². The highest BCUT2D eigenvalue weighted by atomic mass is 16.6. The molecule has 3 rings (SSSR count). The summed E-state index contributed by atoms with van der Waals surface area (Å²) in [4.78, 5) is 26.3. The van der Waals surface area contributed by atoms with Gasteiger partial charge in [-0.05, 0) is 70.4 Å². The number of H-pyrrole nitrogens is 1. The second-order valence-corrected chi connectivity index (χ2v) is 8.52. The van der Waals surface area contributed by atoms with Crippen molar-refractivity contribution in [1.82, 2.24) is 10.3 Å². The first-order chi connectivity index (χ1) is 14.0. The highest BCUT2D eigenvalue weighted by Crippen LogP contribution is 2.33. The van der Waals surface area contributed by atoms with E-state index in [0.717, 1.165) is 38.9 Å². The van der Waals surface area contributed by atoms with Crippen molar-refractivity contribution in [3.63, 3.8) is 0 Å². The van der Waals surface area contributed by atoms with Gasteiger partial charge >= 0.3 is 6.09 Å². The monoisotopic (exact) mass is 409 g/mol. The van der Waals surface area contributed by atoms with Gasteiger partial charge in [0.15, 0.2) is 0 Å². The van der Waals surface area contributed by atoms with E-state index in [9.17, 15) is 14.9 Å². The summed E-state index contributed by atoms with van der Waals surface area (Å²) in [6.07, 6.45) is 0.0178. The van der Waals surface area contributed by atoms with Crippen LogP contribution in [-0.2, 0) is 11.2 Å². The van der Waals surface area contributed by atoms with Crippen molar-refractivity contribution in [2.24, 2.45) is 0 Å². The molecule has 158 valence electrons. The zero-order valence-electron chi connectivity index (χ0n) is 18.0. The van der Waals surface area contributed by atoms with Crippen molar-refractivity contribution in [3.8, 4) is 11.3 Å². The summed E-state index contributed by atoms with van der Waals surface area (Å²) in [7, 11) is 0. The van der Waals surface area contributed by atoms with Crippen LogP contribution in [0.5, 0.6) is 0 Å². The number of hydrogen-bond donors (Lipinski definition) is 2. The summed E-state index contributed by atoms with van der Waals surface area (Å²) >= 11 is 0. The molecular weight excluding hydrogens is 382 g/mol. The van der Waals surface area contributed by atoms with Gasteiger partial charge in [-0.1, -0.05) is 17.2 Å². The number of nitro groups is 1. The van der Waals surface area contributed by atoms with Gasteiger partial charge in [-0.15, -0.1) is 0 Å². The molecule has 7 nitrogen and oxygen atoms in total. The predicted octanol–water partition coefficient (Wildman–Crippen LogP) is 5.43. The molecule has 0 saturated carbocycles. The van der Waals surface area contributed by atoms with E-state index in [-0.39, 0.29) is 5.69 Å². The molecule has 0 spiro atoms. The summed E-state index contributed by atoms with van der Waals surface area (Å²) in [5.74, 6) is 0. The smallest absolute Gasteiger partial charge is 0.407 e. The molecular formula is C23H27N3O4. The number of alkyl carbamates (subject to hydrolysis) is 1. The Morgan fingerprint density at radius 3 is 2.40 bits per heavy atom. The number of aromatic amines is 1. The second kappa shape index (κ2) is 8.18. The van der Waals surface area contributed by atoms with Crippen LogP contribution in [0, 0.1) is 24.0 Å². The lowest BCUT2D eigenvalue weighted by molar-refractivity contribution is -0.384. The number of aromatic nitrogens is 1. The number of carbonyl (C=O) groups excluding carboxylic acids is 1. The van der Waals surface area contributed by atoms with Crippen molar-refractivity contribution < 1.29 is 14.5 Å². The Morgan fingerprint density at radius 2 is 1.80 bits per heavy atom. The maximum absolute atomic E-state index is 12.0. The number of aryl methyl sites for hydroxylation is 2. The van der Waals surface area contributed by atoms with E-state index in [2.05, 4.69) is 28.5 Å². The van der Waals surface area contributed by atoms with Crippen molar-refractivity contribution in [2.45, 2.75) is 46.6 Å². The third-order valence-electron chi connectivity index (χ3n) is 4.65. The molecule has 0 atom stereocenters. The largest absolute Gasteiger partial charge is 0.444 e. The lowest BCUT2D eigenvalue weighted by Gasteiger charge is -2.19. The summed E-state index contributed by atoms with van der Waals surface area (Å²) in [5, 5.41) is 14.8. The fourth-order valence-corrected chi connectivity index (χ4v) is 3.58. The number of nitrogens with zero attached hydrogens (tertiary/aromatic N) is 1. The zero-order valence-corrected chi connectivity index (χ0v) is 18.0. The fraction of sp³-hybridized carbons (Fsp3) is 0.348. The van der Waals surface area contributed by atoms with Crippen LogP contribution in [-0.4, -0.2) is 28.1 Å². The average Bonchev–Trinajstić information content (AvgIpc) is 2.97. The molecule has 30 heavy (non-hydrogen) atoms. The van der Waals surface area contributed by atoms with Crippen molar-refractivity contribution in [2.75, 3.05) is 6.54 Å². The van der Waals surface area contributed by atoms with Crippen molar-refractivity contribution in [1.29, 1.82) is 0 Å². The first-order valence-electron chi connectivity index (χ1n) is 9.88. The van der Waals surface area contributed by atoms with Crippen LogP contribution in [0.4, 0.5) is 10.5 Å². The number of carbonyl (C=O) groups is 1. The van der Waals surface area contributed by atoms with E-state index < -0.39 is 16.6 Å². The summed E-state index contributed by atoms with van der Waals surface area (Å²) < 4.78 is 5.29. The molecule has 2 aromatic carbocycles. The van der Waals surface area contributed by atoms with Gasteiger partial charge in [-0.2, -0.15) is 0 Å². The van der Waals surface area contributed by atoms with E-state index in [0.29, 0.717) is 13.0 Å². The molecule has 2 N–H and O–H groups in total. The van der Waals surface area contributed by atoms with E-state index >= 15 is 0 Å². The Labute approximate surface area is 175 Å². The maximum Gasteiger partial charge on any atom is 0.407 e. The minimum atomic E-state index is -0.574. The lowest BCUT2D eigenvalue weighted by Crippen LogP contribution is -2.33. The number of amides is 1. The second-order valence-electron chi connectivity index (χ2n) is 8.52. The quantitative estimate of drug-likeness (QED) is 0.434. The van der Waals surface area contributed by atoms with Crippen LogP contribution in [0.3, 0.4) is 0 Å². The van der Waals surface area contributed by atoms with Gasteiger partial charge < -0.3 is 15.0 Å². The van der Waals surface area contributed by atoms with Crippen molar-refractivity contribution in [3.05, 3.63) is 63.2 Å². The number of nitro benzene ring substituents is 1. The number of fused-ring (bicyclic) bond motifs is 1. The Balaban J connectivity index is 1.99. The van der Waals surface area contributed by atoms with Gasteiger partial charge in [0.2, 0.25) is 0 Å². The van der Waals surface area contributed by atoms with Gasteiger partial charge in [0.1, 0.15) is 5.60 Å². The Bertz CT molecular complexity index is 1090. The minimum Gasteiger partial charge on any atom is -0.444 e. The van der Waals surface area contributed by atoms with E-state index in [1.807, 2.05) is 34.6 Å². The normalized spacial score (nSPS) is 11.5. The van der Waals surface area contributed by atoms with Crippen LogP contribution < -0.4 is 5.32 Å². The molecule has 0 fully saturated rings. The molecule has 1 heterocycles. The molecule has 0 bridgehead atoms. The zero-order chi connectivity index (χ0) is 22.1. The first-order valence-corrected chi connectivity index (χ1v) is 9.88. The number of ether oxygens (including phenoxy) is 1. The number of nitrogens with one attached hydrogen (secondary N) is 2. The molecule has 1 aromatic heterocycles. The van der Waals surface area contributed by atoms with Gasteiger partial charge in [-0.25, -0.2) is 4.79 Å².